The number of hydrogen-bond acceptors (Lipinski definition) is 8. The van der Waals surface area contributed by atoms with Crippen LogP contribution < -0.4 is 11.5 Å². The lowest BCUT2D eigenvalue weighted by atomic mass is 10.2. The monoisotopic (exact) mass is 381 g/mol. The number of rotatable bonds is 5. The first-order valence-corrected chi connectivity index (χ1v) is 8.67. The number of primary amides is 1. The molecule has 11 heteroatoms. The zero-order valence-corrected chi connectivity index (χ0v) is 15.3. The summed E-state index contributed by atoms with van der Waals surface area (Å²) in [6.45, 7) is 3.38. The van der Waals surface area contributed by atoms with Crippen molar-refractivity contribution >= 4 is 22.5 Å². The van der Waals surface area contributed by atoms with Gasteiger partial charge < -0.3 is 16.6 Å². The SMILES string of the molecule is C/C(N)=C(\O)C(=NC1CC1)c1nc(-n2nc(C(N)=O)c3cc(C)ncc32)n[nH]1. The van der Waals surface area contributed by atoms with Gasteiger partial charge in [0.25, 0.3) is 11.9 Å². The molecule has 1 aliphatic carbocycles. The van der Waals surface area contributed by atoms with E-state index in [1.807, 2.05) is 0 Å². The minimum Gasteiger partial charge on any atom is -0.504 e. The summed E-state index contributed by atoms with van der Waals surface area (Å²) in [5, 5.41) is 22.0. The first kappa shape index (κ1) is 17.6. The standard InChI is InChI=1S/C17H19N9O2/c1-7-5-10-11(6-20-7)26(25-12(10)15(19)28)17-22-16(23-24-17)13(14(27)8(2)18)21-9-3-4-9/h5-6,9,27H,3-4,18H2,1-2H3,(H2,19,28)(H,22,23,24)/b14-8+,21-13?. The number of nitrogens with one attached hydrogen (secondary N) is 1. The Hall–Kier alpha value is -3.76. The van der Waals surface area contributed by atoms with Gasteiger partial charge in [-0.2, -0.15) is 14.8 Å². The van der Waals surface area contributed by atoms with Crippen molar-refractivity contribution in [2.75, 3.05) is 0 Å². The maximum atomic E-state index is 11.8. The summed E-state index contributed by atoms with van der Waals surface area (Å²) in [7, 11) is 0. The zero-order chi connectivity index (χ0) is 20.0. The second-order valence-corrected chi connectivity index (χ2v) is 6.69. The maximum Gasteiger partial charge on any atom is 0.270 e. The predicted octanol–water partition coefficient (Wildman–Crippen LogP) is 0.646. The summed E-state index contributed by atoms with van der Waals surface area (Å²) in [6.07, 6.45) is 3.46. The molecule has 0 radical (unpaired) electrons. The molecule has 0 saturated heterocycles. The number of aromatic amines is 1. The molecule has 3 heterocycles. The van der Waals surface area contributed by atoms with E-state index in [-0.39, 0.29) is 40.7 Å². The number of aliphatic hydroxyl groups is 1. The molecule has 0 unspecified atom stereocenters. The van der Waals surface area contributed by atoms with Crippen molar-refractivity contribution in [3.05, 3.63) is 40.9 Å². The minimum absolute atomic E-state index is 0.0965. The Morgan fingerprint density at radius 2 is 2.14 bits per heavy atom. The third-order valence-electron chi connectivity index (χ3n) is 4.28. The van der Waals surface area contributed by atoms with Gasteiger partial charge in [0.2, 0.25) is 0 Å². The van der Waals surface area contributed by atoms with Gasteiger partial charge in [0.1, 0.15) is 5.71 Å². The highest BCUT2D eigenvalue weighted by molar-refractivity contribution is 6.09. The van der Waals surface area contributed by atoms with Crippen LogP contribution in [0.3, 0.4) is 0 Å². The maximum absolute atomic E-state index is 11.8. The second-order valence-electron chi connectivity index (χ2n) is 6.69. The highest BCUT2D eigenvalue weighted by atomic mass is 16.3. The molecular weight excluding hydrogens is 362 g/mol. The number of fused-ring (bicyclic) bond motifs is 1. The molecule has 11 nitrogen and oxygen atoms in total. The van der Waals surface area contributed by atoms with Gasteiger partial charge in [-0.05, 0) is 32.8 Å². The number of aromatic nitrogens is 6. The average molecular weight is 381 g/mol. The second kappa shape index (κ2) is 6.44. The lowest BCUT2D eigenvalue weighted by Crippen LogP contribution is -2.14. The summed E-state index contributed by atoms with van der Waals surface area (Å²) >= 11 is 0. The fourth-order valence-electron chi connectivity index (χ4n) is 2.71. The minimum atomic E-state index is -0.666. The Balaban J connectivity index is 1.83. The van der Waals surface area contributed by atoms with Crippen molar-refractivity contribution in [2.45, 2.75) is 32.7 Å². The number of aryl methyl sites for hydroxylation is 1. The molecule has 0 aromatic carbocycles. The number of hydrogen-bond donors (Lipinski definition) is 4. The van der Waals surface area contributed by atoms with E-state index < -0.39 is 5.91 Å². The van der Waals surface area contributed by atoms with Crippen LogP contribution in [-0.2, 0) is 0 Å². The van der Waals surface area contributed by atoms with E-state index in [2.05, 4.69) is 30.3 Å². The molecule has 0 spiro atoms. The summed E-state index contributed by atoms with van der Waals surface area (Å²) < 4.78 is 1.37. The molecule has 3 aromatic rings. The predicted molar refractivity (Wildman–Crippen MR) is 101 cm³/mol. The number of allylic oxidation sites excluding steroid dienone is 2. The van der Waals surface area contributed by atoms with E-state index in [4.69, 9.17) is 11.5 Å². The van der Waals surface area contributed by atoms with Crippen LogP contribution in [-0.4, -0.2) is 52.7 Å². The fraction of sp³-hybridized carbons (Fsp3) is 0.294. The number of pyridine rings is 1. The topological polar surface area (TPSA) is 174 Å². The van der Waals surface area contributed by atoms with Crippen LogP contribution >= 0.6 is 0 Å². The van der Waals surface area contributed by atoms with E-state index in [0.29, 0.717) is 10.9 Å². The van der Waals surface area contributed by atoms with Gasteiger partial charge in [-0.25, -0.2) is 0 Å². The number of nitrogens with zero attached hydrogens (tertiary/aromatic N) is 6. The lowest BCUT2D eigenvalue weighted by molar-refractivity contribution is 0.0996. The number of carbonyl (C=O) groups excluding carboxylic acids is 1. The summed E-state index contributed by atoms with van der Waals surface area (Å²) in [6, 6.07) is 1.85. The first-order valence-electron chi connectivity index (χ1n) is 8.67. The molecule has 4 rings (SSSR count). The Morgan fingerprint density at radius 1 is 1.39 bits per heavy atom. The highest BCUT2D eigenvalue weighted by Gasteiger charge is 2.26. The Morgan fingerprint density at radius 3 is 2.79 bits per heavy atom. The Bertz CT molecular complexity index is 1150. The number of aliphatic imine (C=N–C) groups is 1. The fourth-order valence-corrected chi connectivity index (χ4v) is 2.71. The van der Waals surface area contributed by atoms with Crippen molar-refractivity contribution in [3.63, 3.8) is 0 Å². The largest absolute Gasteiger partial charge is 0.504 e. The molecule has 1 fully saturated rings. The number of nitrogens with two attached hydrogens (primary N) is 2. The zero-order valence-electron chi connectivity index (χ0n) is 15.3. The van der Waals surface area contributed by atoms with E-state index in [9.17, 15) is 9.90 Å². The van der Waals surface area contributed by atoms with Gasteiger partial charge in [0, 0.05) is 16.8 Å². The van der Waals surface area contributed by atoms with Gasteiger partial charge in [-0.3, -0.25) is 19.9 Å². The number of aliphatic hydroxyl groups excluding tert-OH is 1. The van der Waals surface area contributed by atoms with Crippen LogP contribution in [0.25, 0.3) is 16.9 Å². The van der Waals surface area contributed by atoms with Gasteiger partial charge in [0.15, 0.2) is 17.3 Å². The molecule has 1 aliphatic rings. The molecule has 144 valence electrons. The smallest absolute Gasteiger partial charge is 0.270 e. The number of H-pyrrole nitrogens is 1. The molecule has 0 aliphatic heterocycles. The van der Waals surface area contributed by atoms with Gasteiger partial charge in [-0.1, -0.05) is 0 Å². The van der Waals surface area contributed by atoms with E-state index in [1.54, 1.807) is 26.1 Å². The third-order valence-corrected chi connectivity index (χ3v) is 4.28. The van der Waals surface area contributed by atoms with E-state index in [0.717, 1.165) is 18.5 Å². The van der Waals surface area contributed by atoms with Crippen LogP contribution in [0.1, 0.15) is 41.8 Å². The molecule has 1 saturated carbocycles. The van der Waals surface area contributed by atoms with Crippen molar-refractivity contribution < 1.29 is 9.90 Å². The van der Waals surface area contributed by atoms with Crippen molar-refractivity contribution in [1.82, 2.24) is 29.9 Å². The van der Waals surface area contributed by atoms with E-state index in [1.165, 1.54) is 4.68 Å². The normalized spacial score (nSPS) is 15.7. The van der Waals surface area contributed by atoms with Crippen LogP contribution in [0.5, 0.6) is 0 Å². The van der Waals surface area contributed by atoms with Crippen molar-refractivity contribution in [3.8, 4) is 5.95 Å². The summed E-state index contributed by atoms with van der Waals surface area (Å²) in [5.74, 6) is -0.423. The van der Waals surface area contributed by atoms with Crippen molar-refractivity contribution in [2.24, 2.45) is 16.5 Å². The quantitative estimate of drug-likeness (QED) is 0.370. The highest BCUT2D eigenvalue weighted by Crippen LogP contribution is 2.26. The van der Waals surface area contributed by atoms with Gasteiger partial charge in [-0.15, -0.1) is 5.10 Å². The third kappa shape index (κ3) is 3.06. The Kier molecular flexibility index (Phi) is 4.06. The van der Waals surface area contributed by atoms with Crippen LogP contribution in [0.4, 0.5) is 0 Å². The molecule has 0 bridgehead atoms. The number of amides is 1. The summed E-state index contributed by atoms with van der Waals surface area (Å²) in [4.78, 5) is 24.9. The lowest BCUT2D eigenvalue weighted by Gasteiger charge is -2.04. The van der Waals surface area contributed by atoms with Crippen LogP contribution in [0.15, 0.2) is 28.7 Å². The summed E-state index contributed by atoms with van der Waals surface area (Å²) in [5.41, 5.74) is 13.0. The average Bonchev–Trinajstić information content (AvgIpc) is 3.20. The van der Waals surface area contributed by atoms with Crippen molar-refractivity contribution in [1.29, 1.82) is 0 Å². The molecule has 1 amide bonds. The molecule has 6 N–H and O–H groups in total. The molecule has 0 atom stereocenters. The van der Waals surface area contributed by atoms with E-state index >= 15 is 0 Å². The van der Waals surface area contributed by atoms with Gasteiger partial charge in [0.05, 0.1) is 17.8 Å². The van der Waals surface area contributed by atoms with Gasteiger partial charge >= 0.3 is 0 Å². The molecule has 28 heavy (non-hydrogen) atoms. The molecule has 3 aromatic heterocycles. The van der Waals surface area contributed by atoms with Crippen LogP contribution in [0, 0.1) is 6.92 Å². The Labute approximate surface area is 159 Å². The number of carbonyl (C=O) groups is 1. The molecular formula is C17H19N9O2. The van der Waals surface area contributed by atoms with Crippen LogP contribution in [0.2, 0.25) is 0 Å². The first-order chi connectivity index (χ1) is 13.3.